The number of amides is 1. The van der Waals surface area contributed by atoms with Crippen LogP contribution < -0.4 is 5.32 Å². The van der Waals surface area contributed by atoms with E-state index in [1.165, 1.54) is 11.3 Å². The zero-order chi connectivity index (χ0) is 24.5. The number of rotatable bonds is 10. The molecular formula is C20H28BrCl3N2O5S. The second-order valence-corrected chi connectivity index (χ2v) is 12.8. The van der Waals surface area contributed by atoms with Gasteiger partial charge in [-0.2, -0.15) is 0 Å². The average molecular weight is 595 g/mol. The first-order valence-corrected chi connectivity index (χ1v) is 12.6. The highest BCUT2D eigenvalue weighted by Crippen LogP contribution is 2.26. The monoisotopic (exact) mass is 592 g/mol. The summed E-state index contributed by atoms with van der Waals surface area (Å²) in [6, 6.07) is -0.968. The number of allylic oxidation sites excluding steroid dienone is 1. The van der Waals surface area contributed by atoms with E-state index in [2.05, 4.69) is 26.2 Å². The average Bonchev–Trinajstić information content (AvgIpc) is 3.02. The second kappa shape index (κ2) is 13.3. The fourth-order valence-corrected chi connectivity index (χ4v) is 3.85. The number of aryl methyl sites for hydroxylation is 1. The van der Waals surface area contributed by atoms with E-state index < -0.39 is 40.2 Å². The van der Waals surface area contributed by atoms with E-state index in [4.69, 9.17) is 44.3 Å². The molecule has 7 nitrogen and oxygen atoms in total. The number of hydrogen-bond donors (Lipinski definition) is 2. The highest BCUT2D eigenvalue weighted by Gasteiger charge is 2.28. The van der Waals surface area contributed by atoms with Crippen molar-refractivity contribution in [2.75, 3.05) is 6.61 Å². The summed E-state index contributed by atoms with van der Waals surface area (Å²) in [7, 11) is 0. The van der Waals surface area contributed by atoms with Crippen molar-refractivity contribution >= 4 is 74.1 Å². The molecule has 0 radical (unpaired) electrons. The number of aliphatic hydroxyl groups is 1. The Balaban J connectivity index is 2.68. The van der Waals surface area contributed by atoms with Gasteiger partial charge in [0, 0.05) is 11.8 Å². The predicted octanol–water partition coefficient (Wildman–Crippen LogP) is 5.47. The van der Waals surface area contributed by atoms with Crippen molar-refractivity contribution in [3.8, 4) is 0 Å². The first kappa shape index (κ1) is 29.5. The number of ether oxygens (including phenoxy) is 2. The minimum Gasteiger partial charge on any atom is -0.460 e. The molecule has 0 aliphatic rings. The van der Waals surface area contributed by atoms with Gasteiger partial charge in [-0.3, -0.25) is 0 Å². The summed E-state index contributed by atoms with van der Waals surface area (Å²) in [5.74, 6) is -0.721. The second-order valence-electron chi connectivity index (χ2n) is 8.07. The topological polar surface area (TPSA) is 97.8 Å². The van der Waals surface area contributed by atoms with Gasteiger partial charge < -0.3 is 19.9 Å². The summed E-state index contributed by atoms with van der Waals surface area (Å²) in [6.07, 6.45) is 2.15. The molecule has 182 valence electrons. The molecule has 1 heterocycles. The number of aromatic nitrogens is 1. The van der Waals surface area contributed by atoms with Crippen molar-refractivity contribution in [3.63, 3.8) is 0 Å². The third-order valence-corrected chi connectivity index (χ3v) is 5.20. The molecule has 32 heavy (non-hydrogen) atoms. The van der Waals surface area contributed by atoms with Crippen LogP contribution in [0.3, 0.4) is 0 Å². The summed E-state index contributed by atoms with van der Waals surface area (Å²) in [5, 5.41) is 15.2. The molecule has 0 aliphatic heterocycles. The molecule has 0 saturated carbocycles. The van der Waals surface area contributed by atoms with Crippen molar-refractivity contribution in [1.29, 1.82) is 0 Å². The van der Waals surface area contributed by atoms with Crippen LogP contribution in [-0.2, 0) is 27.1 Å². The van der Waals surface area contributed by atoms with Gasteiger partial charge in [-0.15, -0.1) is 11.3 Å². The number of carbonyl (C=O) groups is 2. The van der Waals surface area contributed by atoms with Gasteiger partial charge in [0.15, 0.2) is 0 Å². The van der Waals surface area contributed by atoms with Crippen LogP contribution >= 0.6 is 62.1 Å². The van der Waals surface area contributed by atoms with Crippen LogP contribution in [0.4, 0.5) is 4.79 Å². The van der Waals surface area contributed by atoms with Crippen LogP contribution in [0.25, 0.3) is 0 Å². The number of halogens is 4. The van der Waals surface area contributed by atoms with E-state index in [1.807, 2.05) is 12.3 Å². The molecule has 0 bridgehead atoms. The maximum absolute atomic E-state index is 12.4. The summed E-state index contributed by atoms with van der Waals surface area (Å²) >= 11 is 21.7. The lowest BCUT2D eigenvalue weighted by Crippen LogP contribution is -2.44. The Morgan fingerprint density at radius 3 is 2.56 bits per heavy atom. The Bertz CT molecular complexity index is 789. The van der Waals surface area contributed by atoms with Crippen molar-refractivity contribution in [3.05, 3.63) is 26.6 Å². The van der Waals surface area contributed by atoms with Crippen molar-refractivity contribution in [2.45, 2.75) is 74.9 Å². The smallest absolute Gasteiger partial charge is 0.408 e. The van der Waals surface area contributed by atoms with Crippen LogP contribution in [0.2, 0.25) is 0 Å². The van der Waals surface area contributed by atoms with Crippen LogP contribution in [-0.4, -0.2) is 50.3 Å². The molecule has 0 fully saturated rings. The summed E-state index contributed by atoms with van der Waals surface area (Å²) in [4.78, 5) is 29.1. The number of hydrogen-bond acceptors (Lipinski definition) is 7. The Morgan fingerprint density at radius 2 is 2.00 bits per heavy atom. The standard InChI is InChI=1S/C20H28BrCl3N2O5S/c1-12(21)8-14(27)9-16-25-13(10-32-16)6-5-7-15(17(28)30-11-20(22,23)24)26-18(29)31-19(2,3)4/h8,10,14-15,27H,5-7,9,11H2,1-4H3,(H,26,29)/b12-8+/t14-,15+/m0/s1. The number of alkyl carbamates (subject to hydrolysis) is 1. The maximum atomic E-state index is 12.4. The largest absolute Gasteiger partial charge is 0.460 e. The van der Waals surface area contributed by atoms with Crippen LogP contribution in [0.15, 0.2) is 15.9 Å². The molecule has 0 saturated heterocycles. The van der Waals surface area contributed by atoms with E-state index in [9.17, 15) is 14.7 Å². The van der Waals surface area contributed by atoms with Gasteiger partial charge in [-0.1, -0.05) is 50.7 Å². The van der Waals surface area contributed by atoms with Crippen molar-refractivity contribution in [2.24, 2.45) is 0 Å². The van der Waals surface area contributed by atoms with Gasteiger partial charge >= 0.3 is 12.1 Å². The van der Waals surface area contributed by atoms with E-state index in [1.54, 1.807) is 26.8 Å². The van der Waals surface area contributed by atoms with E-state index in [0.717, 1.165) is 15.2 Å². The fraction of sp³-hybridized carbons (Fsp3) is 0.650. The molecule has 2 N–H and O–H groups in total. The molecule has 2 atom stereocenters. The normalized spacial score (nSPS) is 14.6. The first-order valence-electron chi connectivity index (χ1n) is 9.83. The molecule has 0 spiro atoms. The molecular weight excluding hydrogens is 567 g/mol. The molecule has 0 unspecified atom stereocenters. The SMILES string of the molecule is C/C(Br)=C\[C@H](O)Cc1nc(CCC[C@@H](NC(=O)OC(C)(C)C)C(=O)OCC(Cl)(Cl)Cl)cs1. The zero-order valence-electron chi connectivity index (χ0n) is 18.3. The van der Waals surface area contributed by atoms with Gasteiger partial charge in [0.2, 0.25) is 3.79 Å². The number of thiazole rings is 1. The Morgan fingerprint density at radius 1 is 1.34 bits per heavy atom. The number of nitrogens with zero attached hydrogens (tertiary/aromatic N) is 1. The fourth-order valence-electron chi connectivity index (χ4n) is 2.50. The molecule has 1 amide bonds. The number of esters is 1. The minimum absolute atomic E-state index is 0.277. The molecule has 0 aliphatic carbocycles. The summed E-state index contributed by atoms with van der Waals surface area (Å²) in [6.45, 7) is 6.55. The van der Waals surface area contributed by atoms with Gasteiger partial charge in [-0.25, -0.2) is 14.6 Å². The Kier molecular flexibility index (Phi) is 12.3. The number of carbonyl (C=O) groups excluding carboxylic acids is 2. The summed E-state index contributed by atoms with van der Waals surface area (Å²) < 4.78 is 9.34. The molecule has 0 aromatic carbocycles. The van der Waals surface area contributed by atoms with E-state index in [-0.39, 0.29) is 6.42 Å². The minimum atomic E-state index is -1.75. The van der Waals surface area contributed by atoms with Crippen LogP contribution in [0.1, 0.15) is 51.2 Å². The summed E-state index contributed by atoms with van der Waals surface area (Å²) in [5.41, 5.74) is 0.114. The predicted molar refractivity (Wildman–Crippen MR) is 132 cm³/mol. The number of nitrogens with one attached hydrogen (secondary N) is 1. The van der Waals surface area contributed by atoms with Gasteiger partial charge in [0.25, 0.3) is 0 Å². The van der Waals surface area contributed by atoms with Gasteiger partial charge in [0.05, 0.1) is 16.8 Å². The number of alkyl halides is 3. The number of aliphatic hydroxyl groups excluding tert-OH is 1. The van der Waals surface area contributed by atoms with Crippen molar-refractivity contribution < 1.29 is 24.2 Å². The highest BCUT2D eigenvalue weighted by molar-refractivity contribution is 9.11. The lowest BCUT2D eigenvalue weighted by atomic mass is 10.1. The quantitative estimate of drug-likeness (QED) is 0.275. The highest BCUT2D eigenvalue weighted by atomic mass is 79.9. The first-order chi connectivity index (χ1) is 14.6. The zero-order valence-corrected chi connectivity index (χ0v) is 23.0. The van der Waals surface area contributed by atoms with E-state index >= 15 is 0 Å². The lowest BCUT2D eigenvalue weighted by molar-refractivity contribution is -0.146. The van der Waals surface area contributed by atoms with Crippen LogP contribution in [0.5, 0.6) is 0 Å². The molecule has 1 aromatic rings. The molecule has 1 aromatic heterocycles. The van der Waals surface area contributed by atoms with Crippen LogP contribution in [0, 0.1) is 0 Å². The molecule has 12 heteroatoms. The van der Waals surface area contributed by atoms with E-state index in [0.29, 0.717) is 19.3 Å². The Hall–Kier alpha value is -0.580. The lowest BCUT2D eigenvalue weighted by Gasteiger charge is -2.23. The molecule has 1 rings (SSSR count). The maximum Gasteiger partial charge on any atom is 0.408 e. The van der Waals surface area contributed by atoms with Gasteiger partial charge in [0.1, 0.15) is 18.2 Å². The Labute approximate surface area is 215 Å². The third-order valence-electron chi connectivity index (χ3n) is 3.68. The third kappa shape index (κ3) is 13.9. The van der Waals surface area contributed by atoms with Gasteiger partial charge in [-0.05, 0) is 57.5 Å². The van der Waals surface area contributed by atoms with Crippen molar-refractivity contribution in [1.82, 2.24) is 10.3 Å².